The largest absolute Gasteiger partial charge is 0.489 e. The Morgan fingerprint density at radius 1 is 1.38 bits per heavy atom. The summed E-state index contributed by atoms with van der Waals surface area (Å²) in [7, 11) is 0. The van der Waals surface area contributed by atoms with Crippen LogP contribution in [0.5, 0.6) is 5.75 Å². The van der Waals surface area contributed by atoms with E-state index in [0.717, 1.165) is 17.7 Å². The number of hydrogen-bond donors (Lipinski definition) is 0. The van der Waals surface area contributed by atoms with E-state index in [1.807, 2.05) is 12.1 Å². The van der Waals surface area contributed by atoms with Gasteiger partial charge in [-0.25, -0.2) is 0 Å². The first kappa shape index (κ1) is 9.88. The van der Waals surface area contributed by atoms with Gasteiger partial charge in [-0.1, -0.05) is 19.1 Å². The van der Waals surface area contributed by atoms with Crippen LogP contribution in [-0.4, -0.2) is 11.9 Å². The van der Waals surface area contributed by atoms with Crippen molar-refractivity contribution in [2.45, 2.75) is 38.7 Å². The molecule has 1 aromatic rings. The van der Waals surface area contributed by atoms with E-state index in [0.29, 0.717) is 17.9 Å². The first-order chi connectivity index (χ1) is 7.68. The maximum absolute atomic E-state index is 11.5. The van der Waals surface area contributed by atoms with Crippen molar-refractivity contribution in [3.8, 4) is 5.75 Å². The Morgan fingerprint density at radius 2 is 2.19 bits per heavy atom. The Kier molecular flexibility index (Phi) is 2.06. The summed E-state index contributed by atoms with van der Waals surface area (Å²) in [6.45, 7) is 3.89. The molecule has 0 bridgehead atoms. The molecule has 0 radical (unpaired) electrons. The fourth-order valence-electron chi connectivity index (χ4n) is 3.17. The maximum Gasteiger partial charge on any atom is 0.163 e. The van der Waals surface area contributed by atoms with Gasteiger partial charge in [0.1, 0.15) is 11.9 Å². The van der Waals surface area contributed by atoms with Gasteiger partial charge >= 0.3 is 0 Å². The van der Waals surface area contributed by atoms with Gasteiger partial charge in [0.2, 0.25) is 0 Å². The van der Waals surface area contributed by atoms with Gasteiger partial charge in [-0.15, -0.1) is 0 Å². The molecule has 2 aliphatic rings. The molecule has 0 spiro atoms. The topological polar surface area (TPSA) is 26.3 Å². The molecular formula is C14H16O2. The first-order valence-corrected chi connectivity index (χ1v) is 5.99. The molecule has 0 N–H and O–H groups in total. The summed E-state index contributed by atoms with van der Waals surface area (Å²) in [6, 6.07) is 5.97. The Bertz CT molecular complexity index is 450. The molecule has 3 rings (SSSR count). The molecule has 0 aromatic heterocycles. The second kappa shape index (κ2) is 3.34. The quantitative estimate of drug-likeness (QED) is 0.674. The summed E-state index contributed by atoms with van der Waals surface area (Å²) in [5, 5.41) is 0. The SMILES string of the molecule is CC(=O)c1cccc2c1OC1CC[C@H](C)C21. The lowest BCUT2D eigenvalue weighted by molar-refractivity contribution is 0.101. The molecular weight excluding hydrogens is 200 g/mol. The standard InChI is InChI=1S/C14H16O2/c1-8-6-7-12-13(8)11-5-3-4-10(9(2)15)14(11)16-12/h3-5,8,12-13H,6-7H2,1-2H3/t8-,12?,13?/m0/s1. The van der Waals surface area contributed by atoms with Crippen LogP contribution in [0.3, 0.4) is 0 Å². The van der Waals surface area contributed by atoms with Crippen LogP contribution >= 0.6 is 0 Å². The van der Waals surface area contributed by atoms with Gasteiger partial charge in [0.15, 0.2) is 5.78 Å². The molecule has 2 heteroatoms. The molecule has 2 unspecified atom stereocenters. The molecule has 16 heavy (non-hydrogen) atoms. The summed E-state index contributed by atoms with van der Waals surface area (Å²) in [5.74, 6) is 2.14. The van der Waals surface area contributed by atoms with Gasteiger partial charge < -0.3 is 4.74 Å². The van der Waals surface area contributed by atoms with Crippen molar-refractivity contribution in [2.24, 2.45) is 5.92 Å². The number of rotatable bonds is 1. The molecule has 1 saturated carbocycles. The van der Waals surface area contributed by atoms with E-state index in [9.17, 15) is 4.79 Å². The number of carbonyl (C=O) groups is 1. The van der Waals surface area contributed by atoms with E-state index in [-0.39, 0.29) is 5.78 Å². The number of ether oxygens (including phenoxy) is 1. The number of para-hydroxylation sites is 1. The number of ketones is 1. The van der Waals surface area contributed by atoms with Gasteiger partial charge in [-0.05, 0) is 31.7 Å². The van der Waals surface area contributed by atoms with E-state index >= 15 is 0 Å². The smallest absolute Gasteiger partial charge is 0.163 e. The highest BCUT2D eigenvalue weighted by Crippen LogP contribution is 2.50. The monoisotopic (exact) mass is 216 g/mol. The Balaban J connectivity index is 2.11. The highest BCUT2D eigenvalue weighted by Gasteiger charge is 2.43. The zero-order chi connectivity index (χ0) is 11.3. The van der Waals surface area contributed by atoms with Crippen molar-refractivity contribution in [3.05, 3.63) is 29.3 Å². The van der Waals surface area contributed by atoms with E-state index in [4.69, 9.17) is 4.74 Å². The van der Waals surface area contributed by atoms with Crippen molar-refractivity contribution in [2.75, 3.05) is 0 Å². The number of Topliss-reactive ketones (excluding diaryl/α,β-unsaturated/α-hetero) is 1. The zero-order valence-corrected chi connectivity index (χ0v) is 9.69. The van der Waals surface area contributed by atoms with Crippen LogP contribution in [0.1, 0.15) is 48.5 Å². The molecule has 1 aliphatic heterocycles. The predicted octanol–water partition coefficient (Wildman–Crippen LogP) is 3.16. The minimum atomic E-state index is 0.101. The summed E-state index contributed by atoms with van der Waals surface area (Å²) in [4.78, 5) is 11.5. The van der Waals surface area contributed by atoms with Gasteiger partial charge in [0, 0.05) is 11.5 Å². The summed E-state index contributed by atoms with van der Waals surface area (Å²) >= 11 is 0. The van der Waals surface area contributed by atoms with Crippen LogP contribution in [0, 0.1) is 5.92 Å². The minimum absolute atomic E-state index is 0.101. The highest BCUT2D eigenvalue weighted by atomic mass is 16.5. The highest BCUT2D eigenvalue weighted by molar-refractivity contribution is 5.97. The molecule has 1 aromatic carbocycles. The third-order valence-corrected chi connectivity index (χ3v) is 3.97. The number of carbonyl (C=O) groups excluding carboxylic acids is 1. The van der Waals surface area contributed by atoms with Gasteiger partial charge in [0.05, 0.1) is 5.56 Å². The van der Waals surface area contributed by atoms with E-state index in [1.165, 1.54) is 12.0 Å². The average molecular weight is 216 g/mol. The third-order valence-electron chi connectivity index (χ3n) is 3.97. The van der Waals surface area contributed by atoms with Crippen LogP contribution in [0.15, 0.2) is 18.2 Å². The number of benzene rings is 1. The number of fused-ring (bicyclic) bond motifs is 3. The van der Waals surface area contributed by atoms with Crippen molar-refractivity contribution < 1.29 is 9.53 Å². The predicted molar refractivity (Wildman–Crippen MR) is 62.0 cm³/mol. The lowest BCUT2D eigenvalue weighted by atomic mass is 9.89. The summed E-state index contributed by atoms with van der Waals surface area (Å²) < 4.78 is 5.97. The first-order valence-electron chi connectivity index (χ1n) is 5.99. The third kappa shape index (κ3) is 1.22. The Morgan fingerprint density at radius 3 is 2.94 bits per heavy atom. The molecule has 2 nitrogen and oxygen atoms in total. The van der Waals surface area contributed by atoms with Crippen LogP contribution in [0.25, 0.3) is 0 Å². The van der Waals surface area contributed by atoms with Crippen molar-refractivity contribution in [3.63, 3.8) is 0 Å². The Labute approximate surface area is 95.6 Å². The lowest BCUT2D eigenvalue weighted by Gasteiger charge is -2.12. The Hall–Kier alpha value is -1.31. The molecule has 0 amide bonds. The summed E-state index contributed by atoms with van der Waals surface area (Å²) in [6.07, 6.45) is 2.67. The van der Waals surface area contributed by atoms with Gasteiger partial charge in [-0.3, -0.25) is 4.79 Å². The van der Waals surface area contributed by atoms with E-state index < -0.39 is 0 Å². The summed E-state index contributed by atoms with van der Waals surface area (Å²) in [5.41, 5.74) is 2.00. The maximum atomic E-state index is 11.5. The molecule has 1 fully saturated rings. The lowest BCUT2D eigenvalue weighted by Crippen LogP contribution is -2.14. The van der Waals surface area contributed by atoms with Crippen molar-refractivity contribution in [1.29, 1.82) is 0 Å². The average Bonchev–Trinajstić information content (AvgIpc) is 2.78. The normalized spacial score (nSPS) is 30.8. The van der Waals surface area contributed by atoms with Gasteiger partial charge in [-0.2, -0.15) is 0 Å². The fraction of sp³-hybridized carbons (Fsp3) is 0.500. The van der Waals surface area contributed by atoms with Crippen LogP contribution < -0.4 is 4.74 Å². The molecule has 0 saturated heterocycles. The van der Waals surface area contributed by atoms with Crippen molar-refractivity contribution in [1.82, 2.24) is 0 Å². The molecule has 3 atom stereocenters. The molecule has 1 aliphatic carbocycles. The van der Waals surface area contributed by atoms with E-state index in [2.05, 4.69) is 13.0 Å². The minimum Gasteiger partial charge on any atom is -0.489 e. The second-order valence-electron chi connectivity index (χ2n) is 5.02. The molecule has 1 heterocycles. The van der Waals surface area contributed by atoms with Crippen LogP contribution in [0.2, 0.25) is 0 Å². The second-order valence-corrected chi connectivity index (χ2v) is 5.02. The van der Waals surface area contributed by atoms with Crippen LogP contribution in [0.4, 0.5) is 0 Å². The van der Waals surface area contributed by atoms with E-state index in [1.54, 1.807) is 6.92 Å². The van der Waals surface area contributed by atoms with Crippen LogP contribution in [-0.2, 0) is 0 Å². The van der Waals surface area contributed by atoms with Crippen molar-refractivity contribution >= 4 is 5.78 Å². The fourth-order valence-corrected chi connectivity index (χ4v) is 3.17. The zero-order valence-electron chi connectivity index (χ0n) is 9.69. The number of hydrogen-bond acceptors (Lipinski definition) is 2. The molecule has 84 valence electrons. The van der Waals surface area contributed by atoms with Gasteiger partial charge in [0.25, 0.3) is 0 Å².